The Balaban J connectivity index is 2.82. The normalized spacial score (nSPS) is 12.3. The van der Waals surface area contributed by atoms with Gasteiger partial charge in [-0.3, -0.25) is 4.79 Å². The average molecular weight is 197 g/mol. The van der Waals surface area contributed by atoms with Gasteiger partial charge in [0.05, 0.1) is 6.04 Å². The van der Waals surface area contributed by atoms with Gasteiger partial charge in [0, 0.05) is 0 Å². The molecule has 14 heavy (non-hydrogen) atoms. The predicted molar refractivity (Wildman–Crippen MR) is 51.2 cm³/mol. The summed E-state index contributed by atoms with van der Waals surface area (Å²) in [4.78, 5) is 14.6. The lowest BCUT2D eigenvalue weighted by Crippen LogP contribution is -2.32. The molecule has 1 aromatic rings. The fourth-order valence-electron chi connectivity index (χ4n) is 0.929. The first-order valence-electron chi connectivity index (χ1n) is 4.19. The van der Waals surface area contributed by atoms with Gasteiger partial charge >= 0.3 is 0 Å². The number of hydrogen-bond donors (Lipinski definition) is 2. The second kappa shape index (κ2) is 4.15. The van der Waals surface area contributed by atoms with Crippen LogP contribution in [0.2, 0.25) is 0 Å². The van der Waals surface area contributed by atoms with Crippen LogP contribution < -0.4 is 11.1 Å². The van der Waals surface area contributed by atoms with Gasteiger partial charge in [-0.1, -0.05) is 0 Å². The molecule has 1 atom stereocenters. The number of nitrogens with one attached hydrogen (secondary N) is 1. The molecule has 0 saturated heterocycles. The molecule has 1 rings (SSSR count). The van der Waals surface area contributed by atoms with E-state index in [0.717, 1.165) is 0 Å². The maximum atomic E-state index is 12.8. The van der Waals surface area contributed by atoms with Gasteiger partial charge in [0.25, 0.3) is 0 Å². The number of nitrogens with two attached hydrogens (primary N) is 1. The van der Waals surface area contributed by atoms with E-state index in [9.17, 15) is 9.18 Å². The van der Waals surface area contributed by atoms with Crippen molar-refractivity contribution in [1.29, 1.82) is 0 Å². The first kappa shape index (κ1) is 10.6. The lowest BCUT2D eigenvalue weighted by molar-refractivity contribution is -0.117. The zero-order valence-corrected chi connectivity index (χ0v) is 8.04. The highest BCUT2D eigenvalue weighted by Gasteiger charge is 2.08. The van der Waals surface area contributed by atoms with Crippen LogP contribution in [0.4, 0.5) is 10.2 Å². The zero-order chi connectivity index (χ0) is 10.7. The standard InChI is InChI=1S/C9H12FN3O/c1-5-3-7(10)12-8(4-5)13-9(14)6(2)11/h3-4,6H,11H2,1-2H3,(H,12,13,14). The maximum Gasteiger partial charge on any atom is 0.242 e. The number of amides is 1. The van der Waals surface area contributed by atoms with Gasteiger partial charge in [-0.15, -0.1) is 0 Å². The number of hydrogen-bond acceptors (Lipinski definition) is 3. The van der Waals surface area contributed by atoms with E-state index in [1.165, 1.54) is 6.07 Å². The van der Waals surface area contributed by atoms with E-state index < -0.39 is 12.0 Å². The Labute approximate surface area is 81.3 Å². The Bertz CT molecular complexity index is 332. The van der Waals surface area contributed by atoms with Gasteiger partial charge in [0.1, 0.15) is 5.82 Å². The molecule has 0 aromatic carbocycles. The van der Waals surface area contributed by atoms with Crippen molar-refractivity contribution in [3.63, 3.8) is 0 Å². The Kier molecular flexibility index (Phi) is 3.14. The fourth-order valence-corrected chi connectivity index (χ4v) is 0.929. The molecule has 0 aliphatic rings. The van der Waals surface area contributed by atoms with Gasteiger partial charge in [-0.25, -0.2) is 4.98 Å². The summed E-state index contributed by atoms with van der Waals surface area (Å²) >= 11 is 0. The van der Waals surface area contributed by atoms with Gasteiger partial charge in [0.2, 0.25) is 11.9 Å². The first-order valence-corrected chi connectivity index (χ1v) is 4.19. The molecule has 0 aliphatic heterocycles. The summed E-state index contributed by atoms with van der Waals surface area (Å²) in [6.07, 6.45) is 0. The van der Waals surface area contributed by atoms with E-state index in [-0.39, 0.29) is 11.7 Å². The molecular formula is C9H12FN3O. The van der Waals surface area contributed by atoms with E-state index in [2.05, 4.69) is 10.3 Å². The molecule has 0 aliphatic carbocycles. The number of anilines is 1. The predicted octanol–water partition coefficient (Wildman–Crippen LogP) is 0.815. The lowest BCUT2D eigenvalue weighted by Gasteiger charge is -2.07. The van der Waals surface area contributed by atoms with Crippen molar-refractivity contribution in [2.75, 3.05) is 5.32 Å². The zero-order valence-electron chi connectivity index (χ0n) is 8.04. The topological polar surface area (TPSA) is 68.0 Å². The second-order valence-corrected chi connectivity index (χ2v) is 3.13. The Morgan fingerprint density at radius 3 is 2.79 bits per heavy atom. The fraction of sp³-hybridized carbons (Fsp3) is 0.333. The van der Waals surface area contributed by atoms with Crippen LogP contribution in [0.25, 0.3) is 0 Å². The van der Waals surface area contributed by atoms with Crippen LogP contribution in [0.3, 0.4) is 0 Å². The van der Waals surface area contributed by atoms with Crippen molar-refractivity contribution >= 4 is 11.7 Å². The molecule has 1 heterocycles. The third-order valence-corrected chi connectivity index (χ3v) is 1.60. The van der Waals surface area contributed by atoms with E-state index in [1.807, 2.05) is 0 Å². The smallest absolute Gasteiger partial charge is 0.242 e. The molecule has 5 heteroatoms. The van der Waals surface area contributed by atoms with Crippen LogP contribution >= 0.6 is 0 Å². The Hall–Kier alpha value is -1.49. The average Bonchev–Trinajstić information content (AvgIpc) is 2.01. The van der Waals surface area contributed by atoms with Crippen molar-refractivity contribution < 1.29 is 9.18 Å². The molecule has 0 radical (unpaired) electrons. The highest BCUT2D eigenvalue weighted by atomic mass is 19.1. The summed E-state index contributed by atoms with van der Waals surface area (Å²) in [5.74, 6) is -0.822. The third-order valence-electron chi connectivity index (χ3n) is 1.60. The summed E-state index contributed by atoms with van der Waals surface area (Å²) in [7, 11) is 0. The van der Waals surface area contributed by atoms with Gasteiger partial charge in [-0.05, 0) is 31.5 Å². The van der Waals surface area contributed by atoms with E-state index in [0.29, 0.717) is 5.56 Å². The number of carbonyl (C=O) groups excluding carboxylic acids is 1. The molecule has 0 saturated carbocycles. The molecule has 4 nitrogen and oxygen atoms in total. The first-order chi connectivity index (χ1) is 6.49. The highest BCUT2D eigenvalue weighted by molar-refractivity contribution is 5.93. The summed E-state index contributed by atoms with van der Waals surface area (Å²) in [5, 5.41) is 2.41. The summed E-state index contributed by atoms with van der Waals surface area (Å²) < 4.78 is 12.8. The number of carbonyl (C=O) groups is 1. The number of nitrogens with zero attached hydrogens (tertiary/aromatic N) is 1. The number of aromatic nitrogens is 1. The van der Waals surface area contributed by atoms with Crippen LogP contribution in [-0.4, -0.2) is 16.9 Å². The summed E-state index contributed by atoms with van der Waals surface area (Å²) in [6.45, 7) is 3.26. The van der Waals surface area contributed by atoms with Crippen LogP contribution in [-0.2, 0) is 4.79 Å². The number of rotatable bonds is 2. The van der Waals surface area contributed by atoms with Crippen LogP contribution in [0.1, 0.15) is 12.5 Å². The molecule has 0 bridgehead atoms. The molecule has 0 spiro atoms. The number of aryl methyl sites for hydroxylation is 1. The SMILES string of the molecule is Cc1cc(F)nc(NC(=O)C(C)N)c1. The molecule has 76 valence electrons. The largest absolute Gasteiger partial charge is 0.320 e. The summed E-state index contributed by atoms with van der Waals surface area (Å²) in [5.41, 5.74) is 6.02. The van der Waals surface area contributed by atoms with E-state index in [4.69, 9.17) is 5.73 Å². The minimum absolute atomic E-state index is 0.185. The van der Waals surface area contributed by atoms with Crippen LogP contribution in [0.5, 0.6) is 0 Å². The van der Waals surface area contributed by atoms with Gasteiger partial charge in [-0.2, -0.15) is 4.39 Å². The minimum atomic E-state index is -0.639. The van der Waals surface area contributed by atoms with Crippen molar-refractivity contribution in [2.45, 2.75) is 19.9 Å². The van der Waals surface area contributed by atoms with Gasteiger partial charge < -0.3 is 11.1 Å². The van der Waals surface area contributed by atoms with Crippen LogP contribution in [0.15, 0.2) is 12.1 Å². The van der Waals surface area contributed by atoms with Crippen LogP contribution in [0, 0.1) is 12.9 Å². The second-order valence-electron chi connectivity index (χ2n) is 3.13. The molecule has 0 fully saturated rings. The van der Waals surface area contributed by atoms with E-state index in [1.54, 1.807) is 19.9 Å². The third kappa shape index (κ3) is 2.77. The quantitative estimate of drug-likeness (QED) is 0.689. The number of halogens is 1. The molecule has 1 unspecified atom stereocenters. The van der Waals surface area contributed by atoms with Crippen molar-refractivity contribution in [3.05, 3.63) is 23.6 Å². The van der Waals surface area contributed by atoms with Crippen molar-refractivity contribution in [1.82, 2.24) is 4.98 Å². The molecule has 3 N–H and O–H groups in total. The number of pyridine rings is 1. The molecule has 1 aromatic heterocycles. The lowest BCUT2D eigenvalue weighted by atomic mass is 10.3. The monoisotopic (exact) mass is 197 g/mol. The Morgan fingerprint density at radius 2 is 2.29 bits per heavy atom. The molecular weight excluding hydrogens is 185 g/mol. The minimum Gasteiger partial charge on any atom is -0.320 e. The van der Waals surface area contributed by atoms with Gasteiger partial charge in [0.15, 0.2) is 0 Å². The maximum absolute atomic E-state index is 12.8. The van der Waals surface area contributed by atoms with E-state index >= 15 is 0 Å². The Morgan fingerprint density at radius 1 is 1.64 bits per heavy atom. The van der Waals surface area contributed by atoms with Crippen molar-refractivity contribution in [2.24, 2.45) is 5.73 Å². The van der Waals surface area contributed by atoms with Crippen molar-refractivity contribution in [3.8, 4) is 0 Å². The molecule has 1 amide bonds. The highest BCUT2D eigenvalue weighted by Crippen LogP contribution is 2.08. The summed E-state index contributed by atoms with van der Waals surface area (Å²) in [6, 6.07) is 2.21.